The van der Waals surface area contributed by atoms with Crippen LogP contribution in [0.4, 0.5) is 17.1 Å². The fourth-order valence-corrected chi connectivity index (χ4v) is 4.43. The number of anilines is 2. The van der Waals surface area contributed by atoms with Crippen molar-refractivity contribution in [1.29, 1.82) is 0 Å². The highest BCUT2D eigenvalue weighted by atomic mass is 79.9. The van der Waals surface area contributed by atoms with Crippen molar-refractivity contribution < 1.29 is 9.59 Å². The van der Waals surface area contributed by atoms with Gasteiger partial charge in [0, 0.05) is 16.6 Å². The first-order valence-corrected chi connectivity index (χ1v) is 11.0. The monoisotopic (exact) mass is 479 g/mol. The lowest BCUT2D eigenvalue weighted by Crippen LogP contribution is -2.33. The molecule has 0 radical (unpaired) electrons. The summed E-state index contributed by atoms with van der Waals surface area (Å²) in [6.07, 6.45) is 0.0662. The highest BCUT2D eigenvalue weighted by Gasteiger charge is 2.40. The lowest BCUT2D eigenvalue weighted by atomic mass is 10.2. The predicted octanol–water partition coefficient (Wildman–Crippen LogP) is 5.61. The molecule has 1 aliphatic rings. The van der Waals surface area contributed by atoms with E-state index < -0.39 is 5.25 Å². The summed E-state index contributed by atoms with van der Waals surface area (Å²) in [5, 5.41) is 2.88. The Morgan fingerprint density at radius 1 is 0.967 bits per heavy atom. The summed E-state index contributed by atoms with van der Waals surface area (Å²) >= 11 is 4.69. The molecule has 150 valence electrons. The number of para-hydroxylation sites is 2. The zero-order valence-electron chi connectivity index (χ0n) is 15.9. The van der Waals surface area contributed by atoms with Crippen molar-refractivity contribution in [2.24, 2.45) is 4.99 Å². The third-order valence-corrected chi connectivity index (χ3v) is 6.10. The summed E-state index contributed by atoms with van der Waals surface area (Å²) in [4.78, 5) is 32.0. The van der Waals surface area contributed by atoms with Crippen molar-refractivity contribution in [2.45, 2.75) is 11.7 Å². The van der Waals surface area contributed by atoms with Crippen LogP contribution in [0.2, 0.25) is 0 Å². The van der Waals surface area contributed by atoms with E-state index >= 15 is 0 Å². The molecule has 4 rings (SSSR count). The maximum Gasteiger partial charge on any atom is 0.247 e. The van der Waals surface area contributed by atoms with Gasteiger partial charge in [-0.1, -0.05) is 64.1 Å². The molecule has 1 atom stereocenters. The van der Waals surface area contributed by atoms with Crippen LogP contribution in [0.15, 0.2) is 94.4 Å². The van der Waals surface area contributed by atoms with Crippen LogP contribution < -0.4 is 10.2 Å². The number of thioether (sulfide) groups is 1. The minimum Gasteiger partial charge on any atom is -0.326 e. The van der Waals surface area contributed by atoms with Gasteiger partial charge in [-0.25, -0.2) is 4.99 Å². The number of carbonyl (C=O) groups is 2. The molecule has 0 bridgehead atoms. The van der Waals surface area contributed by atoms with Crippen LogP contribution in [0, 0.1) is 0 Å². The first-order valence-electron chi connectivity index (χ1n) is 9.35. The van der Waals surface area contributed by atoms with Gasteiger partial charge in [0.15, 0.2) is 5.17 Å². The van der Waals surface area contributed by atoms with E-state index in [0.29, 0.717) is 10.9 Å². The van der Waals surface area contributed by atoms with Crippen LogP contribution in [0.1, 0.15) is 6.42 Å². The second-order valence-corrected chi connectivity index (χ2v) is 8.69. The number of rotatable bonds is 5. The smallest absolute Gasteiger partial charge is 0.247 e. The number of amidine groups is 1. The Bertz CT molecular complexity index is 1070. The van der Waals surface area contributed by atoms with Crippen LogP contribution in [-0.2, 0) is 9.59 Å². The van der Waals surface area contributed by atoms with E-state index in [1.54, 1.807) is 4.90 Å². The summed E-state index contributed by atoms with van der Waals surface area (Å²) in [6, 6.07) is 26.2. The van der Waals surface area contributed by atoms with Gasteiger partial charge in [0.1, 0.15) is 5.25 Å². The normalized spacial score (nSPS) is 17.4. The first-order chi connectivity index (χ1) is 14.6. The molecule has 0 aromatic heterocycles. The summed E-state index contributed by atoms with van der Waals surface area (Å²) < 4.78 is 0.933. The van der Waals surface area contributed by atoms with E-state index in [1.807, 2.05) is 84.9 Å². The lowest BCUT2D eigenvalue weighted by Gasteiger charge is -2.16. The quantitative estimate of drug-likeness (QED) is 0.516. The topological polar surface area (TPSA) is 61.8 Å². The number of halogens is 1. The SMILES string of the molecule is O=C(C[C@@H]1SC(=Nc2ccccc2)N(c2ccccc2)C1=O)Nc1ccc(Br)cc1. The average molecular weight is 480 g/mol. The Hall–Kier alpha value is -2.90. The van der Waals surface area contributed by atoms with E-state index in [4.69, 9.17) is 0 Å². The number of benzene rings is 3. The molecule has 1 N–H and O–H groups in total. The summed E-state index contributed by atoms with van der Waals surface area (Å²) in [7, 11) is 0. The Kier molecular flexibility index (Phi) is 6.30. The molecule has 3 aromatic carbocycles. The molecular formula is C23H18BrN3O2S. The van der Waals surface area contributed by atoms with Crippen LogP contribution in [0.3, 0.4) is 0 Å². The van der Waals surface area contributed by atoms with Crippen molar-refractivity contribution in [1.82, 2.24) is 0 Å². The third kappa shape index (κ3) is 4.80. The molecule has 1 fully saturated rings. The van der Waals surface area contributed by atoms with Gasteiger partial charge in [-0.05, 0) is 48.5 Å². The average Bonchev–Trinajstić information content (AvgIpc) is 3.05. The molecule has 30 heavy (non-hydrogen) atoms. The highest BCUT2D eigenvalue weighted by molar-refractivity contribution is 9.10. The van der Waals surface area contributed by atoms with Crippen molar-refractivity contribution in [3.8, 4) is 0 Å². The molecule has 0 aliphatic carbocycles. The molecule has 7 heteroatoms. The van der Waals surface area contributed by atoms with Gasteiger partial charge in [-0.2, -0.15) is 0 Å². The first kappa shape index (κ1) is 20.4. The van der Waals surface area contributed by atoms with Gasteiger partial charge in [0.25, 0.3) is 0 Å². The minimum atomic E-state index is -0.539. The van der Waals surface area contributed by atoms with E-state index in [9.17, 15) is 9.59 Å². The van der Waals surface area contributed by atoms with Crippen LogP contribution in [0.25, 0.3) is 0 Å². The highest BCUT2D eigenvalue weighted by Crippen LogP contribution is 2.35. The molecule has 1 heterocycles. The molecule has 2 amide bonds. The molecule has 0 unspecified atom stereocenters. The van der Waals surface area contributed by atoms with Crippen molar-refractivity contribution >= 4 is 61.7 Å². The van der Waals surface area contributed by atoms with E-state index in [0.717, 1.165) is 15.8 Å². The van der Waals surface area contributed by atoms with Crippen molar-refractivity contribution in [2.75, 3.05) is 10.2 Å². The Morgan fingerprint density at radius 2 is 1.60 bits per heavy atom. The predicted molar refractivity (Wildman–Crippen MR) is 126 cm³/mol. The van der Waals surface area contributed by atoms with Gasteiger partial charge in [-0.3, -0.25) is 14.5 Å². The van der Waals surface area contributed by atoms with Crippen LogP contribution >= 0.6 is 27.7 Å². The number of amides is 2. The molecule has 1 aliphatic heterocycles. The zero-order valence-corrected chi connectivity index (χ0v) is 18.3. The zero-order chi connectivity index (χ0) is 20.9. The number of hydrogen-bond acceptors (Lipinski definition) is 4. The molecule has 1 saturated heterocycles. The number of carbonyl (C=O) groups excluding carboxylic acids is 2. The Labute approximate surface area is 187 Å². The largest absolute Gasteiger partial charge is 0.326 e. The number of hydrogen-bond donors (Lipinski definition) is 1. The Balaban J connectivity index is 1.56. The summed E-state index contributed by atoms with van der Waals surface area (Å²) in [5.74, 6) is -0.357. The second kappa shape index (κ2) is 9.28. The fourth-order valence-electron chi connectivity index (χ4n) is 3.02. The van der Waals surface area contributed by atoms with Gasteiger partial charge < -0.3 is 5.32 Å². The fraction of sp³-hybridized carbons (Fsp3) is 0.0870. The minimum absolute atomic E-state index is 0.0662. The number of aliphatic imine (C=N–C) groups is 1. The summed E-state index contributed by atoms with van der Waals surface area (Å²) in [6.45, 7) is 0. The van der Waals surface area contributed by atoms with Crippen LogP contribution in [0.5, 0.6) is 0 Å². The maximum absolute atomic E-state index is 13.2. The number of nitrogens with one attached hydrogen (secondary N) is 1. The summed E-state index contributed by atoms with van der Waals surface area (Å²) in [5.41, 5.74) is 2.19. The maximum atomic E-state index is 13.2. The van der Waals surface area contributed by atoms with E-state index in [-0.39, 0.29) is 18.2 Å². The van der Waals surface area contributed by atoms with E-state index in [2.05, 4.69) is 26.2 Å². The standard InChI is InChI=1S/C23H18BrN3O2S/c24-16-11-13-18(14-12-16)25-21(28)15-20-22(29)27(19-9-5-2-6-10-19)23(30-20)26-17-7-3-1-4-8-17/h1-14,20H,15H2,(H,25,28)/t20-/m0/s1. The number of nitrogens with zero attached hydrogens (tertiary/aromatic N) is 2. The van der Waals surface area contributed by atoms with Gasteiger partial charge in [0.05, 0.1) is 11.4 Å². The van der Waals surface area contributed by atoms with Gasteiger partial charge in [-0.15, -0.1) is 0 Å². The van der Waals surface area contributed by atoms with Gasteiger partial charge >= 0.3 is 0 Å². The lowest BCUT2D eigenvalue weighted by molar-refractivity contribution is -0.121. The van der Waals surface area contributed by atoms with Crippen LogP contribution in [-0.4, -0.2) is 22.2 Å². The molecule has 0 spiro atoms. The molecule has 5 nitrogen and oxygen atoms in total. The molecule has 0 saturated carbocycles. The van der Waals surface area contributed by atoms with Crippen molar-refractivity contribution in [3.63, 3.8) is 0 Å². The second-order valence-electron chi connectivity index (χ2n) is 6.60. The Morgan fingerprint density at radius 3 is 2.27 bits per heavy atom. The van der Waals surface area contributed by atoms with Crippen molar-refractivity contribution in [3.05, 3.63) is 89.4 Å². The molecular weight excluding hydrogens is 462 g/mol. The third-order valence-electron chi connectivity index (χ3n) is 4.43. The van der Waals surface area contributed by atoms with E-state index in [1.165, 1.54) is 11.8 Å². The molecule has 3 aromatic rings. The van der Waals surface area contributed by atoms with Gasteiger partial charge in [0.2, 0.25) is 11.8 Å².